The smallest absolute Gasteiger partial charge is 0.276 e. The summed E-state index contributed by atoms with van der Waals surface area (Å²) in [5.41, 5.74) is 5.87. The molecular weight excluding hydrogens is 358 g/mol. The number of ether oxygens (including phenoxy) is 1. The van der Waals surface area contributed by atoms with Gasteiger partial charge in [-0.15, -0.1) is 0 Å². The van der Waals surface area contributed by atoms with Gasteiger partial charge in [-0.3, -0.25) is 20.4 Å². The van der Waals surface area contributed by atoms with Crippen molar-refractivity contribution in [2.75, 3.05) is 6.61 Å². The Morgan fingerprint density at radius 2 is 2.05 bits per heavy atom. The predicted octanol–water partition coefficient (Wildman–Crippen LogP) is 1.43. The molecule has 1 aromatic rings. The third-order valence-electron chi connectivity index (χ3n) is 2.37. The number of benzene rings is 1. The number of hydrogen-bond acceptors (Lipinski definition) is 4. The first-order chi connectivity index (χ1) is 9.92. The van der Waals surface area contributed by atoms with Gasteiger partial charge >= 0.3 is 0 Å². The van der Waals surface area contributed by atoms with E-state index in [0.29, 0.717) is 5.75 Å². The van der Waals surface area contributed by atoms with Crippen LogP contribution < -0.4 is 20.9 Å². The normalized spacial score (nSPS) is 9.67. The number of carbonyl (C=O) groups is 2. The lowest BCUT2D eigenvalue weighted by molar-refractivity contribution is -0.124. The second kappa shape index (κ2) is 8.58. The molecule has 0 heterocycles. The third kappa shape index (κ3) is 6.54. The number of hydrogen-bond donors (Lipinski definition) is 3. The van der Waals surface area contributed by atoms with Crippen LogP contribution in [-0.4, -0.2) is 23.5 Å². The third-order valence-corrected chi connectivity index (χ3v) is 3.19. The highest BCUT2D eigenvalue weighted by Gasteiger charge is 2.07. The fraction of sp³-hybridized carbons (Fsp3) is 0.308. The lowest BCUT2D eigenvalue weighted by Crippen LogP contribution is -2.49. The van der Waals surface area contributed by atoms with Gasteiger partial charge in [0.2, 0.25) is 5.91 Å². The fourth-order valence-electron chi connectivity index (χ4n) is 1.38. The van der Waals surface area contributed by atoms with Crippen molar-refractivity contribution in [2.24, 2.45) is 0 Å². The van der Waals surface area contributed by atoms with Crippen molar-refractivity contribution in [2.45, 2.75) is 20.3 Å². The molecule has 1 rings (SSSR count). The first-order valence-corrected chi connectivity index (χ1v) is 7.40. The standard InChI is InChI=1S/C13H16BrN3O3S/c1-3-9-4-5-11(10(14)6-9)20-7-12(19)16-17-13(21)15-8(2)18/h4-6H,3,7H2,1-2H3,(H,16,19)(H2,15,17,18,21). The molecule has 0 fully saturated rings. The molecule has 1 aromatic carbocycles. The molecule has 114 valence electrons. The molecule has 3 N–H and O–H groups in total. The van der Waals surface area contributed by atoms with Crippen LogP contribution in [0.15, 0.2) is 22.7 Å². The van der Waals surface area contributed by atoms with Crippen molar-refractivity contribution < 1.29 is 14.3 Å². The van der Waals surface area contributed by atoms with Crippen LogP contribution in [0.5, 0.6) is 5.75 Å². The van der Waals surface area contributed by atoms with E-state index < -0.39 is 5.91 Å². The van der Waals surface area contributed by atoms with Crippen molar-refractivity contribution in [3.63, 3.8) is 0 Å². The van der Waals surface area contributed by atoms with Gasteiger partial charge in [0.05, 0.1) is 4.47 Å². The number of rotatable bonds is 4. The van der Waals surface area contributed by atoms with E-state index in [4.69, 9.17) is 17.0 Å². The minimum absolute atomic E-state index is 0.0179. The summed E-state index contributed by atoms with van der Waals surface area (Å²) in [6.07, 6.45) is 0.921. The molecule has 0 aliphatic heterocycles. The second-order valence-corrected chi connectivity index (χ2v) is 5.35. The first-order valence-electron chi connectivity index (χ1n) is 6.20. The highest BCUT2D eigenvalue weighted by atomic mass is 79.9. The molecule has 8 heteroatoms. The molecule has 2 amide bonds. The molecule has 0 aliphatic carbocycles. The SMILES string of the molecule is CCc1ccc(OCC(=O)NNC(=S)NC(C)=O)c(Br)c1. The van der Waals surface area contributed by atoms with Crippen LogP contribution in [0, 0.1) is 0 Å². The number of aryl methyl sites for hydroxylation is 1. The van der Waals surface area contributed by atoms with E-state index >= 15 is 0 Å². The van der Waals surface area contributed by atoms with Crippen LogP contribution >= 0.6 is 28.1 Å². The maximum absolute atomic E-state index is 11.6. The molecule has 21 heavy (non-hydrogen) atoms. The summed E-state index contributed by atoms with van der Waals surface area (Å²) >= 11 is 8.16. The Hall–Kier alpha value is -1.67. The molecule has 0 saturated carbocycles. The van der Waals surface area contributed by atoms with Gasteiger partial charge in [0, 0.05) is 6.92 Å². The minimum Gasteiger partial charge on any atom is -0.483 e. The van der Waals surface area contributed by atoms with Crippen LogP contribution in [0.25, 0.3) is 0 Å². The monoisotopic (exact) mass is 373 g/mol. The van der Waals surface area contributed by atoms with Crippen molar-refractivity contribution in [3.05, 3.63) is 28.2 Å². The molecular formula is C13H16BrN3O3S. The molecule has 0 bridgehead atoms. The second-order valence-electron chi connectivity index (χ2n) is 4.09. The van der Waals surface area contributed by atoms with Gasteiger partial charge in [-0.2, -0.15) is 0 Å². The summed E-state index contributed by atoms with van der Waals surface area (Å²) < 4.78 is 6.17. The molecule has 0 radical (unpaired) electrons. The Labute approximate surface area is 136 Å². The zero-order valence-corrected chi connectivity index (χ0v) is 14.1. The average Bonchev–Trinajstić information content (AvgIpc) is 2.43. The summed E-state index contributed by atoms with van der Waals surface area (Å²) in [4.78, 5) is 22.3. The Morgan fingerprint density at radius 3 is 2.62 bits per heavy atom. The number of amides is 2. The number of halogens is 1. The van der Waals surface area contributed by atoms with Crippen molar-refractivity contribution in [3.8, 4) is 5.75 Å². The van der Waals surface area contributed by atoms with Crippen LogP contribution in [0.2, 0.25) is 0 Å². The van der Waals surface area contributed by atoms with Crippen molar-refractivity contribution in [1.29, 1.82) is 0 Å². The summed E-state index contributed by atoms with van der Waals surface area (Å²) in [5.74, 6) is -0.168. The van der Waals surface area contributed by atoms with E-state index in [1.165, 1.54) is 12.5 Å². The van der Waals surface area contributed by atoms with Crippen LogP contribution in [-0.2, 0) is 16.0 Å². The number of carbonyl (C=O) groups excluding carboxylic acids is 2. The fourth-order valence-corrected chi connectivity index (χ4v) is 2.11. The molecule has 0 atom stereocenters. The maximum Gasteiger partial charge on any atom is 0.276 e. The van der Waals surface area contributed by atoms with Crippen molar-refractivity contribution >= 4 is 45.1 Å². The first kappa shape index (κ1) is 17.4. The van der Waals surface area contributed by atoms with E-state index in [1.807, 2.05) is 12.1 Å². The number of thiocarbonyl (C=S) groups is 1. The van der Waals surface area contributed by atoms with Crippen LogP contribution in [0.1, 0.15) is 19.4 Å². The Balaban J connectivity index is 2.39. The van der Waals surface area contributed by atoms with Gasteiger partial charge in [-0.1, -0.05) is 13.0 Å². The topological polar surface area (TPSA) is 79.5 Å². The van der Waals surface area contributed by atoms with Gasteiger partial charge < -0.3 is 10.1 Å². The van der Waals surface area contributed by atoms with Gasteiger partial charge in [-0.25, -0.2) is 0 Å². The minimum atomic E-state index is -0.422. The van der Waals surface area contributed by atoms with E-state index in [9.17, 15) is 9.59 Å². The van der Waals surface area contributed by atoms with Crippen molar-refractivity contribution in [1.82, 2.24) is 16.2 Å². The van der Waals surface area contributed by atoms with E-state index in [1.54, 1.807) is 6.07 Å². The molecule has 0 saturated heterocycles. The van der Waals surface area contributed by atoms with Gasteiger partial charge in [0.25, 0.3) is 5.91 Å². The van der Waals surface area contributed by atoms with Gasteiger partial charge in [-0.05, 0) is 52.3 Å². The van der Waals surface area contributed by atoms with E-state index in [0.717, 1.165) is 10.9 Å². The summed E-state index contributed by atoms with van der Waals surface area (Å²) in [7, 11) is 0. The summed E-state index contributed by atoms with van der Waals surface area (Å²) in [5, 5.41) is 2.33. The molecule has 0 unspecified atom stereocenters. The predicted molar refractivity (Wildman–Crippen MR) is 86.7 cm³/mol. The van der Waals surface area contributed by atoms with Gasteiger partial charge in [0.1, 0.15) is 5.75 Å². The largest absolute Gasteiger partial charge is 0.483 e. The Kier molecular flexibility index (Phi) is 7.10. The zero-order chi connectivity index (χ0) is 15.8. The lowest BCUT2D eigenvalue weighted by Gasteiger charge is -2.11. The summed E-state index contributed by atoms with van der Waals surface area (Å²) in [6, 6.07) is 5.67. The number of nitrogens with one attached hydrogen (secondary N) is 3. The quantitative estimate of drug-likeness (QED) is 0.549. The lowest BCUT2D eigenvalue weighted by atomic mass is 10.2. The highest BCUT2D eigenvalue weighted by Crippen LogP contribution is 2.26. The highest BCUT2D eigenvalue weighted by molar-refractivity contribution is 9.10. The molecule has 0 spiro atoms. The summed E-state index contributed by atoms with van der Waals surface area (Å²) in [6.45, 7) is 3.19. The van der Waals surface area contributed by atoms with Gasteiger partial charge in [0.15, 0.2) is 11.7 Å². The average molecular weight is 374 g/mol. The van der Waals surface area contributed by atoms with Crippen LogP contribution in [0.3, 0.4) is 0 Å². The van der Waals surface area contributed by atoms with E-state index in [-0.39, 0.29) is 17.6 Å². The van der Waals surface area contributed by atoms with E-state index in [2.05, 4.69) is 39.0 Å². The number of hydrazine groups is 1. The Bertz CT molecular complexity index is 551. The van der Waals surface area contributed by atoms with Crippen LogP contribution in [0.4, 0.5) is 0 Å². The maximum atomic E-state index is 11.6. The Morgan fingerprint density at radius 1 is 1.33 bits per heavy atom. The molecule has 0 aromatic heterocycles. The molecule has 6 nitrogen and oxygen atoms in total. The molecule has 0 aliphatic rings. The zero-order valence-electron chi connectivity index (χ0n) is 11.7.